The molecule has 0 rings (SSSR count). The first-order valence-electron chi connectivity index (χ1n) is 4.68. The first kappa shape index (κ1) is 11.9. The smallest absolute Gasteiger partial charge is 0.0701 e. The Morgan fingerprint density at radius 2 is 1.83 bits per heavy atom. The molecule has 0 aromatic carbocycles. The van der Waals surface area contributed by atoms with Crippen LogP contribution in [0.5, 0.6) is 0 Å². The lowest BCUT2D eigenvalue weighted by Gasteiger charge is -2.06. The highest BCUT2D eigenvalue weighted by Gasteiger charge is 1.93. The largest absolute Gasteiger partial charge is 0.379 e. The van der Waals surface area contributed by atoms with E-state index in [0.717, 1.165) is 13.0 Å². The summed E-state index contributed by atoms with van der Waals surface area (Å²) in [4.78, 5) is 0. The van der Waals surface area contributed by atoms with Gasteiger partial charge in [-0.05, 0) is 13.3 Å². The van der Waals surface area contributed by atoms with Crippen LogP contribution >= 0.6 is 0 Å². The number of nitrogens with two attached hydrogens (primary N) is 1. The van der Waals surface area contributed by atoms with Crippen molar-refractivity contribution in [2.24, 2.45) is 5.73 Å². The number of hydrogen-bond acceptors (Lipinski definition) is 3. The van der Waals surface area contributed by atoms with Crippen molar-refractivity contribution < 1.29 is 9.47 Å². The molecule has 0 unspecified atom stereocenters. The Bertz CT molecular complexity index is 86.6. The van der Waals surface area contributed by atoms with E-state index in [-0.39, 0.29) is 6.04 Å². The van der Waals surface area contributed by atoms with Crippen LogP contribution < -0.4 is 5.73 Å². The zero-order valence-electron chi connectivity index (χ0n) is 8.21. The topological polar surface area (TPSA) is 44.5 Å². The Kier molecular flexibility index (Phi) is 8.88. The second-order valence-electron chi connectivity index (χ2n) is 3.02. The molecule has 1 atom stereocenters. The highest BCUT2D eigenvalue weighted by molar-refractivity contribution is 4.47. The third kappa shape index (κ3) is 9.88. The van der Waals surface area contributed by atoms with Gasteiger partial charge in [0.2, 0.25) is 0 Å². The number of hydrogen-bond donors (Lipinski definition) is 1. The maximum atomic E-state index is 5.49. The van der Waals surface area contributed by atoms with Crippen LogP contribution in [0, 0.1) is 0 Å². The molecular weight excluding hydrogens is 154 g/mol. The summed E-state index contributed by atoms with van der Waals surface area (Å²) in [7, 11) is 0. The minimum absolute atomic E-state index is 0.126. The molecule has 0 bridgehead atoms. The van der Waals surface area contributed by atoms with Crippen molar-refractivity contribution in [1.29, 1.82) is 0 Å². The van der Waals surface area contributed by atoms with Crippen molar-refractivity contribution >= 4 is 0 Å². The molecule has 0 amide bonds. The van der Waals surface area contributed by atoms with E-state index in [1.807, 2.05) is 6.92 Å². The third-order valence-electron chi connectivity index (χ3n) is 1.39. The van der Waals surface area contributed by atoms with Gasteiger partial charge in [-0.25, -0.2) is 0 Å². The Balaban J connectivity index is 2.82. The van der Waals surface area contributed by atoms with E-state index < -0.39 is 0 Å². The van der Waals surface area contributed by atoms with Crippen molar-refractivity contribution in [3.8, 4) is 0 Å². The molecular formula is C9H21NO2. The molecule has 0 aliphatic carbocycles. The van der Waals surface area contributed by atoms with Crippen LogP contribution in [-0.2, 0) is 9.47 Å². The van der Waals surface area contributed by atoms with Gasteiger partial charge in [0, 0.05) is 12.6 Å². The predicted octanol–water partition coefficient (Wildman–Crippen LogP) is 1.17. The standard InChI is InChI=1S/C9H21NO2/c1-3-4-5-11-6-7-12-8-9(2)10/h9H,3-8,10H2,1-2H3/t9-/m1/s1. The van der Waals surface area contributed by atoms with Gasteiger partial charge in [-0.15, -0.1) is 0 Å². The van der Waals surface area contributed by atoms with E-state index in [1.165, 1.54) is 6.42 Å². The third-order valence-corrected chi connectivity index (χ3v) is 1.39. The zero-order valence-corrected chi connectivity index (χ0v) is 8.21. The molecule has 12 heavy (non-hydrogen) atoms. The SMILES string of the molecule is CCCCOCCOC[C@@H](C)N. The van der Waals surface area contributed by atoms with Gasteiger partial charge in [-0.3, -0.25) is 0 Å². The maximum Gasteiger partial charge on any atom is 0.0701 e. The van der Waals surface area contributed by atoms with Crippen molar-refractivity contribution in [1.82, 2.24) is 0 Å². The lowest BCUT2D eigenvalue weighted by atomic mass is 10.4. The van der Waals surface area contributed by atoms with E-state index in [9.17, 15) is 0 Å². The number of unbranched alkanes of at least 4 members (excludes halogenated alkanes) is 1. The number of rotatable bonds is 8. The summed E-state index contributed by atoms with van der Waals surface area (Å²) in [6.45, 7) is 6.89. The van der Waals surface area contributed by atoms with Gasteiger partial charge in [0.1, 0.15) is 0 Å². The average molecular weight is 175 g/mol. The fourth-order valence-electron chi connectivity index (χ4n) is 0.736. The summed E-state index contributed by atoms with van der Waals surface area (Å²) in [5.74, 6) is 0. The molecule has 3 nitrogen and oxygen atoms in total. The van der Waals surface area contributed by atoms with Crippen molar-refractivity contribution in [3.63, 3.8) is 0 Å². The fourth-order valence-corrected chi connectivity index (χ4v) is 0.736. The Hall–Kier alpha value is -0.120. The van der Waals surface area contributed by atoms with E-state index in [0.29, 0.717) is 19.8 Å². The van der Waals surface area contributed by atoms with Crippen LogP contribution in [-0.4, -0.2) is 32.5 Å². The van der Waals surface area contributed by atoms with Crippen molar-refractivity contribution in [2.45, 2.75) is 32.7 Å². The molecule has 0 radical (unpaired) electrons. The van der Waals surface area contributed by atoms with Gasteiger partial charge in [0.15, 0.2) is 0 Å². The monoisotopic (exact) mass is 175 g/mol. The van der Waals surface area contributed by atoms with Crippen molar-refractivity contribution in [2.75, 3.05) is 26.4 Å². The zero-order chi connectivity index (χ0) is 9.23. The maximum absolute atomic E-state index is 5.49. The van der Waals surface area contributed by atoms with Gasteiger partial charge in [0.25, 0.3) is 0 Å². The van der Waals surface area contributed by atoms with Crippen LogP contribution in [0.15, 0.2) is 0 Å². The Morgan fingerprint density at radius 3 is 2.42 bits per heavy atom. The molecule has 0 aliphatic heterocycles. The highest BCUT2D eigenvalue weighted by atomic mass is 16.5. The molecule has 0 aliphatic rings. The van der Waals surface area contributed by atoms with Gasteiger partial charge >= 0.3 is 0 Å². The molecule has 3 heteroatoms. The molecule has 0 heterocycles. The summed E-state index contributed by atoms with van der Waals surface area (Å²) >= 11 is 0. The summed E-state index contributed by atoms with van der Waals surface area (Å²) < 4.78 is 10.5. The van der Waals surface area contributed by atoms with Gasteiger partial charge in [0.05, 0.1) is 19.8 Å². The van der Waals surface area contributed by atoms with Gasteiger partial charge in [-0.2, -0.15) is 0 Å². The molecule has 0 spiro atoms. The quantitative estimate of drug-likeness (QED) is 0.563. The molecule has 0 aromatic heterocycles. The summed E-state index contributed by atoms with van der Waals surface area (Å²) in [6, 6.07) is 0.126. The van der Waals surface area contributed by atoms with Crippen LogP contribution in [0.4, 0.5) is 0 Å². The normalized spacial score (nSPS) is 13.2. The number of ether oxygens (including phenoxy) is 2. The lowest BCUT2D eigenvalue weighted by molar-refractivity contribution is 0.0431. The molecule has 0 aromatic rings. The first-order chi connectivity index (χ1) is 5.77. The van der Waals surface area contributed by atoms with Crippen LogP contribution in [0.2, 0.25) is 0 Å². The highest BCUT2D eigenvalue weighted by Crippen LogP contribution is 1.88. The Morgan fingerprint density at radius 1 is 1.17 bits per heavy atom. The van der Waals surface area contributed by atoms with E-state index in [1.54, 1.807) is 0 Å². The van der Waals surface area contributed by atoms with Crippen LogP contribution in [0.1, 0.15) is 26.7 Å². The summed E-state index contributed by atoms with van der Waals surface area (Å²) in [6.07, 6.45) is 2.31. The lowest BCUT2D eigenvalue weighted by Crippen LogP contribution is -2.23. The second kappa shape index (κ2) is 8.97. The molecule has 74 valence electrons. The van der Waals surface area contributed by atoms with Gasteiger partial charge < -0.3 is 15.2 Å². The van der Waals surface area contributed by atoms with Crippen molar-refractivity contribution in [3.05, 3.63) is 0 Å². The average Bonchev–Trinajstić information content (AvgIpc) is 2.02. The van der Waals surface area contributed by atoms with E-state index >= 15 is 0 Å². The van der Waals surface area contributed by atoms with E-state index in [4.69, 9.17) is 15.2 Å². The van der Waals surface area contributed by atoms with Gasteiger partial charge in [-0.1, -0.05) is 13.3 Å². The Labute approximate surface area is 75.2 Å². The van der Waals surface area contributed by atoms with E-state index in [2.05, 4.69) is 6.92 Å². The van der Waals surface area contributed by atoms with Crippen LogP contribution in [0.3, 0.4) is 0 Å². The minimum atomic E-state index is 0.126. The summed E-state index contributed by atoms with van der Waals surface area (Å²) in [5.41, 5.74) is 5.49. The molecule has 0 saturated carbocycles. The summed E-state index contributed by atoms with van der Waals surface area (Å²) in [5, 5.41) is 0. The molecule has 0 saturated heterocycles. The predicted molar refractivity (Wildman–Crippen MR) is 50.2 cm³/mol. The van der Waals surface area contributed by atoms with Crippen LogP contribution in [0.25, 0.3) is 0 Å². The molecule has 0 fully saturated rings. The molecule has 2 N–H and O–H groups in total. The second-order valence-corrected chi connectivity index (χ2v) is 3.02. The minimum Gasteiger partial charge on any atom is -0.379 e. The first-order valence-corrected chi connectivity index (χ1v) is 4.68. The fraction of sp³-hybridized carbons (Fsp3) is 1.00.